The molecule has 0 N–H and O–H groups in total. The third-order valence-corrected chi connectivity index (χ3v) is 9.40. The van der Waals surface area contributed by atoms with Crippen molar-refractivity contribution >= 4 is 21.8 Å². The average Bonchev–Trinajstić information content (AvgIpc) is 3.23. The highest BCUT2D eigenvalue weighted by Gasteiger charge is 2.51. The van der Waals surface area contributed by atoms with Crippen molar-refractivity contribution in [2.24, 2.45) is 0 Å². The maximum atomic E-state index is 14.1. The summed E-state index contributed by atoms with van der Waals surface area (Å²) in [6, 6.07) is 17.9. The molecule has 2 saturated heterocycles. The number of nitrogens with zero attached hydrogens (tertiary/aromatic N) is 4. The standard InChI is InChI=1S/C25H35ClN4O2S/c1-4-28(5-2)33(31,32)30-25(21-11-13-22(26)14-12-21)24(20-9-7-6-8-10-20)19-29(30)23-15-17-27(3)18-16-23/h6-14,23-25H,4-5,15-19H2,1-3H3. The first-order valence-electron chi connectivity index (χ1n) is 11.9. The molecule has 180 valence electrons. The Balaban J connectivity index is 1.84. The minimum atomic E-state index is -3.72. The first-order valence-corrected chi connectivity index (χ1v) is 13.7. The summed E-state index contributed by atoms with van der Waals surface area (Å²) in [6.45, 7) is 7.32. The molecule has 6 nitrogen and oxygen atoms in total. The van der Waals surface area contributed by atoms with Gasteiger partial charge < -0.3 is 4.90 Å². The van der Waals surface area contributed by atoms with Gasteiger partial charge in [-0.15, -0.1) is 4.41 Å². The zero-order valence-electron chi connectivity index (χ0n) is 19.8. The van der Waals surface area contributed by atoms with E-state index in [1.807, 2.05) is 56.3 Å². The van der Waals surface area contributed by atoms with Gasteiger partial charge >= 0.3 is 0 Å². The molecule has 0 spiro atoms. The number of benzene rings is 2. The SMILES string of the molecule is CCN(CC)S(=O)(=O)N1C(c2ccc(Cl)cc2)C(c2ccccc2)CN1C1CCN(C)CC1. The van der Waals surface area contributed by atoms with Gasteiger partial charge in [-0.2, -0.15) is 12.7 Å². The highest BCUT2D eigenvalue weighted by molar-refractivity contribution is 7.86. The number of hydrogen-bond donors (Lipinski definition) is 0. The molecule has 2 aromatic rings. The second-order valence-corrected chi connectivity index (χ2v) is 11.3. The lowest BCUT2D eigenvalue weighted by Crippen LogP contribution is -2.55. The molecule has 8 heteroatoms. The predicted octanol–water partition coefficient (Wildman–Crippen LogP) is 4.38. The van der Waals surface area contributed by atoms with E-state index < -0.39 is 10.2 Å². The molecule has 2 aliphatic rings. The van der Waals surface area contributed by atoms with Gasteiger partial charge in [-0.3, -0.25) is 0 Å². The van der Waals surface area contributed by atoms with Crippen LogP contribution < -0.4 is 0 Å². The van der Waals surface area contributed by atoms with Crippen LogP contribution in [0.1, 0.15) is 49.8 Å². The van der Waals surface area contributed by atoms with Crippen LogP contribution in [-0.2, 0) is 10.2 Å². The third kappa shape index (κ3) is 4.99. The maximum absolute atomic E-state index is 14.1. The minimum Gasteiger partial charge on any atom is -0.306 e. The fraction of sp³-hybridized carbons (Fsp3) is 0.520. The van der Waals surface area contributed by atoms with Crippen LogP contribution in [0.4, 0.5) is 0 Å². The fourth-order valence-electron chi connectivity index (χ4n) is 5.25. The number of likely N-dealkylation sites (tertiary alicyclic amines) is 1. The fourth-order valence-corrected chi connectivity index (χ4v) is 7.29. The Morgan fingerprint density at radius 2 is 1.55 bits per heavy atom. The van der Waals surface area contributed by atoms with Crippen molar-refractivity contribution in [3.8, 4) is 0 Å². The van der Waals surface area contributed by atoms with Gasteiger partial charge in [0.1, 0.15) is 0 Å². The predicted molar refractivity (Wildman–Crippen MR) is 134 cm³/mol. The van der Waals surface area contributed by atoms with Crippen molar-refractivity contribution in [3.05, 3.63) is 70.7 Å². The Morgan fingerprint density at radius 1 is 0.939 bits per heavy atom. The lowest BCUT2D eigenvalue weighted by atomic mass is 9.88. The number of hydrazine groups is 1. The second-order valence-electron chi connectivity index (χ2n) is 9.03. The molecule has 0 aromatic heterocycles. The van der Waals surface area contributed by atoms with E-state index in [1.54, 1.807) is 8.72 Å². The summed E-state index contributed by atoms with van der Waals surface area (Å²) in [6.07, 6.45) is 1.91. The van der Waals surface area contributed by atoms with E-state index >= 15 is 0 Å². The van der Waals surface area contributed by atoms with Gasteiger partial charge in [-0.25, -0.2) is 5.01 Å². The zero-order chi connectivity index (χ0) is 23.6. The molecule has 2 unspecified atom stereocenters. The van der Waals surface area contributed by atoms with E-state index in [0.29, 0.717) is 24.7 Å². The Bertz CT molecular complexity index is 1010. The lowest BCUT2D eigenvalue weighted by molar-refractivity contribution is 0.00829. The zero-order valence-corrected chi connectivity index (χ0v) is 21.3. The topological polar surface area (TPSA) is 47.1 Å². The number of hydrogen-bond acceptors (Lipinski definition) is 4. The van der Waals surface area contributed by atoms with Gasteiger partial charge in [-0.1, -0.05) is 67.9 Å². The summed E-state index contributed by atoms with van der Waals surface area (Å²) in [5, 5.41) is 2.82. The minimum absolute atomic E-state index is 0.0253. The van der Waals surface area contributed by atoms with E-state index in [9.17, 15) is 8.42 Å². The Labute approximate surface area is 203 Å². The Kier molecular flexibility index (Phi) is 7.78. The molecule has 2 aliphatic heterocycles. The van der Waals surface area contributed by atoms with Crippen molar-refractivity contribution in [3.63, 3.8) is 0 Å². The summed E-state index contributed by atoms with van der Waals surface area (Å²) in [4.78, 5) is 2.32. The molecule has 0 saturated carbocycles. The number of halogens is 1. The molecule has 0 bridgehead atoms. The van der Waals surface area contributed by atoms with Gasteiger partial charge in [0.05, 0.1) is 6.04 Å². The monoisotopic (exact) mass is 490 g/mol. The van der Waals surface area contributed by atoms with Crippen LogP contribution in [0.15, 0.2) is 54.6 Å². The highest BCUT2D eigenvalue weighted by Crippen LogP contribution is 2.47. The molecule has 2 aromatic carbocycles. The molecule has 2 heterocycles. The lowest BCUT2D eigenvalue weighted by Gasteiger charge is -2.41. The van der Waals surface area contributed by atoms with Crippen molar-refractivity contribution in [1.82, 2.24) is 18.6 Å². The van der Waals surface area contributed by atoms with Crippen molar-refractivity contribution in [2.75, 3.05) is 39.8 Å². The second kappa shape index (κ2) is 10.4. The van der Waals surface area contributed by atoms with E-state index in [1.165, 1.54) is 0 Å². The summed E-state index contributed by atoms with van der Waals surface area (Å²) in [5.41, 5.74) is 2.13. The van der Waals surface area contributed by atoms with Crippen LogP contribution in [0.5, 0.6) is 0 Å². The van der Waals surface area contributed by atoms with Gasteiger partial charge in [0.2, 0.25) is 0 Å². The summed E-state index contributed by atoms with van der Waals surface area (Å²) < 4.78 is 31.5. The van der Waals surface area contributed by atoms with Crippen LogP contribution in [0, 0.1) is 0 Å². The van der Waals surface area contributed by atoms with Crippen LogP contribution >= 0.6 is 11.6 Å². The van der Waals surface area contributed by atoms with Crippen LogP contribution in [-0.4, -0.2) is 72.9 Å². The van der Waals surface area contributed by atoms with Crippen molar-refractivity contribution in [1.29, 1.82) is 0 Å². The van der Waals surface area contributed by atoms with E-state index in [-0.39, 0.29) is 18.0 Å². The summed E-state index contributed by atoms with van der Waals surface area (Å²) in [5.74, 6) is 0.0253. The van der Waals surface area contributed by atoms with Gasteiger partial charge in [0.15, 0.2) is 0 Å². The highest BCUT2D eigenvalue weighted by atomic mass is 35.5. The Morgan fingerprint density at radius 3 is 2.12 bits per heavy atom. The summed E-state index contributed by atoms with van der Waals surface area (Å²) in [7, 11) is -1.58. The first kappa shape index (κ1) is 24.6. The first-order chi connectivity index (χ1) is 15.9. The van der Waals surface area contributed by atoms with Crippen LogP contribution in [0.2, 0.25) is 5.02 Å². The van der Waals surface area contributed by atoms with Crippen LogP contribution in [0.25, 0.3) is 0 Å². The maximum Gasteiger partial charge on any atom is 0.295 e. The largest absolute Gasteiger partial charge is 0.306 e. The number of piperidine rings is 1. The van der Waals surface area contributed by atoms with Crippen molar-refractivity contribution < 1.29 is 8.42 Å². The van der Waals surface area contributed by atoms with Gasteiger partial charge in [0.25, 0.3) is 10.2 Å². The molecular weight excluding hydrogens is 456 g/mol. The quantitative estimate of drug-likeness (QED) is 0.578. The molecule has 4 rings (SSSR count). The normalized spacial score (nSPS) is 24.0. The molecule has 33 heavy (non-hydrogen) atoms. The van der Waals surface area contributed by atoms with Crippen LogP contribution in [0.3, 0.4) is 0 Å². The molecule has 0 amide bonds. The molecule has 2 atom stereocenters. The van der Waals surface area contributed by atoms with E-state index in [4.69, 9.17) is 11.6 Å². The summed E-state index contributed by atoms with van der Waals surface area (Å²) >= 11 is 6.20. The Hall–Kier alpha value is -1.48. The molecule has 0 aliphatic carbocycles. The van der Waals surface area contributed by atoms with E-state index in [0.717, 1.165) is 37.1 Å². The van der Waals surface area contributed by atoms with Crippen molar-refractivity contribution in [2.45, 2.75) is 44.7 Å². The average molecular weight is 491 g/mol. The number of rotatable bonds is 7. The molecule has 0 radical (unpaired) electrons. The van der Waals surface area contributed by atoms with E-state index in [2.05, 4.69) is 29.1 Å². The molecule has 2 fully saturated rings. The third-order valence-electron chi connectivity index (χ3n) is 7.07. The van der Waals surface area contributed by atoms with Gasteiger partial charge in [-0.05, 0) is 56.2 Å². The molecular formula is C25H35ClN4O2S. The smallest absolute Gasteiger partial charge is 0.295 e. The van der Waals surface area contributed by atoms with Gasteiger partial charge in [0, 0.05) is 36.6 Å².